The van der Waals surface area contributed by atoms with Crippen LogP contribution >= 0.6 is 0 Å². The van der Waals surface area contributed by atoms with Gasteiger partial charge in [0, 0.05) is 17.4 Å². The first kappa shape index (κ1) is 20.9. The van der Waals surface area contributed by atoms with E-state index < -0.39 is 23.5 Å². The van der Waals surface area contributed by atoms with Crippen LogP contribution in [0.25, 0.3) is 11.0 Å². The van der Waals surface area contributed by atoms with Crippen LogP contribution in [0.15, 0.2) is 45.6 Å². The van der Waals surface area contributed by atoms with Crippen molar-refractivity contribution in [3.8, 4) is 11.5 Å². The van der Waals surface area contributed by atoms with Gasteiger partial charge in [-0.05, 0) is 49.2 Å². The Labute approximate surface area is 171 Å². The van der Waals surface area contributed by atoms with Crippen molar-refractivity contribution in [2.45, 2.75) is 32.7 Å². The van der Waals surface area contributed by atoms with E-state index in [1.54, 1.807) is 32.0 Å². The van der Waals surface area contributed by atoms with Crippen LogP contribution in [-0.4, -0.2) is 33.2 Å². The summed E-state index contributed by atoms with van der Waals surface area (Å²) in [6.07, 6.45) is -0.325. The number of aryl methyl sites for hydroxylation is 2. The van der Waals surface area contributed by atoms with Gasteiger partial charge in [-0.2, -0.15) is 0 Å². The third-order valence-corrected chi connectivity index (χ3v) is 5.02. The quantitative estimate of drug-likeness (QED) is 0.456. The van der Waals surface area contributed by atoms with Gasteiger partial charge in [-0.1, -0.05) is 12.1 Å². The molecule has 0 saturated heterocycles. The predicted molar refractivity (Wildman–Crippen MR) is 109 cm³/mol. The number of hydrogen-bond donors (Lipinski definition) is 4. The molecule has 0 fully saturated rings. The topological polar surface area (TPSA) is 137 Å². The van der Waals surface area contributed by atoms with Gasteiger partial charge in [0.05, 0.1) is 12.0 Å². The fourth-order valence-corrected chi connectivity index (χ4v) is 3.26. The summed E-state index contributed by atoms with van der Waals surface area (Å²) in [6, 6.07) is 7.87. The van der Waals surface area contributed by atoms with E-state index in [1.807, 2.05) is 0 Å². The van der Waals surface area contributed by atoms with E-state index in [2.05, 4.69) is 5.32 Å². The third kappa shape index (κ3) is 4.27. The van der Waals surface area contributed by atoms with Gasteiger partial charge >= 0.3 is 11.6 Å². The lowest BCUT2D eigenvalue weighted by atomic mass is 10.0. The van der Waals surface area contributed by atoms with Crippen LogP contribution in [0, 0.1) is 13.8 Å². The number of phenolic OH excluding ortho intramolecular Hbond substituents is 2. The zero-order valence-corrected chi connectivity index (χ0v) is 16.4. The largest absolute Gasteiger partial charge is 0.508 e. The Balaban J connectivity index is 1.83. The number of nitrogens with one attached hydrogen (secondary N) is 1. The van der Waals surface area contributed by atoms with Gasteiger partial charge in [-0.15, -0.1) is 0 Å². The highest BCUT2D eigenvalue weighted by Crippen LogP contribution is 2.28. The standard InChI is InChI=1S/C22H21NO7/c1-11-15-7-8-18(25)12(2)20(15)30-22(29)16(11)10-19(26)23-17(21(27)28)9-13-3-5-14(24)6-4-13/h3-8,17,24-25H,9-10H2,1-2H3,(H,23,26)(H,27,28)/t17-/m0/s1. The number of fused-ring (bicyclic) bond motifs is 1. The Morgan fingerprint density at radius 2 is 1.70 bits per heavy atom. The number of carbonyl (C=O) groups excluding carboxylic acids is 1. The van der Waals surface area contributed by atoms with Gasteiger partial charge in [0.25, 0.3) is 0 Å². The normalized spacial score (nSPS) is 11.9. The summed E-state index contributed by atoms with van der Waals surface area (Å²) < 4.78 is 5.31. The van der Waals surface area contributed by atoms with Gasteiger partial charge in [0.2, 0.25) is 5.91 Å². The van der Waals surface area contributed by atoms with Crippen molar-refractivity contribution >= 4 is 22.8 Å². The van der Waals surface area contributed by atoms with E-state index in [4.69, 9.17) is 4.42 Å². The first-order chi connectivity index (χ1) is 14.2. The van der Waals surface area contributed by atoms with E-state index in [-0.39, 0.29) is 35.5 Å². The van der Waals surface area contributed by atoms with Gasteiger partial charge in [-0.3, -0.25) is 4.79 Å². The average molecular weight is 411 g/mol. The summed E-state index contributed by atoms with van der Waals surface area (Å²) >= 11 is 0. The predicted octanol–water partition coefficient (Wildman–Crippen LogP) is 2.18. The Morgan fingerprint density at radius 1 is 1.03 bits per heavy atom. The SMILES string of the molecule is Cc1c(CC(=O)N[C@@H](Cc2ccc(O)cc2)C(=O)O)c(=O)oc2c(C)c(O)ccc12. The van der Waals surface area contributed by atoms with E-state index in [1.165, 1.54) is 18.2 Å². The number of carbonyl (C=O) groups is 2. The summed E-state index contributed by atoms with van der Waals surface area (Å²) in [4.78, 5) is 36.5. The Kier molecular flexibility index (Phi) is 5.77. The minimum Gasteiger partial charge on any atom is -0.508 e. The van der Waals surface area contributed by atoms with E-state index in [0.29, 0.717) is 22.1 Å². The molecule has 0 radical (unpaired) electrons. The van der Waals surface area contributed by atoms with E-state index >= 15 is 0 Å². The lowest BCUT2D eigenvalue weighted by molar-refractivity contribution is -0.141. The molecule has 156 valence electrons. The molecular weight excluding hydrogens is 390 g/mol. The second-order valence-electron chi connectivity index (χ2n) is 7.09. The number of phenols is 2. The highest BCUT2D eigenvalue weighted by molar-refractivity contribution is 5.88. The third-order valence-electron chi connectivity index (χ3n) is 5.02. The molecule has 0 aliphatic carbocycles. The van der Waals surface area contributed by atoms with Crippen LogP contribution in [0.5, 0.6) is 11.5 Å². The molecule has 0 spiro atoms. The van der Waals surface area contributed by atoms with Gasteiger partial charge in [0.1, 0.15) is 23.1 Å². The summed E-state index contributed by atoms with van der Waals surface area (Å²) in [5.74, 6) is -1.80. The van der Waals surface area contributed by atoms with Crippen LogP contribution in [0.2, 0.25) is 0 Å². The molecule has 3 aromatic rings. The molecule has 8 heteroatoms. The molecule has 3 rings (SSSR count). The molecule has 4 N–H and O–H groups in total. The molecule has 2 aromatic carbocycles. The minimum atomic E-state index is -1.22. The van der Waals surface area contributed by atoms with Crippen molar-refractivity contribution in [2.24, 2.45) is 0 Å². The number of benzene rings is 2. The fourth-order valence-electron chi connectivity index (χ4n) is 3.26. The molecule has 1 heterocycles. The first-order valence-corrected chi connectivity index (χ1v) is 9.22. The lowest BCUT2D eigenvalue weighted by Crippen LogP contribution is -2.43. The van der Waals surface area contributed by atoms with Crippen molar-refractivity contribution in [3.05, 3.63) is 69.1 Å². The number of aliphatic carboxylic acids is 1. The summed E-state index contributed by atoms with van der Waals surface area (Å²) in [7, 11) is 0. The second kappa shape index (κ2) is 8.28. The molecule has 0 unspecified atom stereocenters. The number of aromatic hydroxyl groups is 2. The molecule has 1 amide bonds. The number of carboxylic acid groups (broad SMARTS) is 1. The molecule has 0 bridgehead atoms. The van der Waals surface area contributed by atoms with E-state index in [0.717, 1.165) is 0 Å². The monoisotopic (exact) mass is 411 g/mol. The molecular formula is C22H21NO7. The van der Waals surface area contributed by atoms with Crippen LogP contribution in [0.1, 0.15) is 22.3 Å². The first-order valence-electron chi connectivity index (χ1n) is 9.22. The van der Waals surface area contributed by atoms with Crippen molar-refractivity contribution in [1.29, 1.82) is 0 Å². The lowest BCUT2D eigenvalue weighted by Gasteiger charge is -2.15. The Bertz CT molecular complexity index is 1180. The molecule has 8 nitrogen and oxygen atoms in total. The Morgan fingerprint density at radius 3 is 2.33 bits per heavy atom. The molecule has 1 atom stereocenters. The van der Waals surface area contributed by atoms with Crippen molar-refractivity contribution < 1.29 is 29.3 Å². The van der Waals surface area contributed by atoms with Crippen LogP contribution in [-0.2, 0) is 22.4 Å². The van der Waals surface area contributed by atoms with Crippen LogP contribution in [0.4, 0.5) is 0 Å². The zero-order chi connectivity index (χ0) is 22.0. The smallest absolute Gasteiger partial charge is 0.340 e. The van der Waals surface area contributed by atoms with Gasteiger partial charge in [-0.25, -0.2) is 9.59 Å². The van der Waals surface area contributed by atoms with Gasteiger partial charge in [0.15, 0.2) is 0 Å². The molecule has 30 heavy (non-hydrogen) atoms. The zero-order valence-electron chi connectivity index (χ0n) is 16.4. The molecule has 1 aromatic heterocycles. The maximum absolute atomic E-state index is 12.5. The second-order valence-corrected chi connectivity index (χ2v) is 7.09. The Hall–Kier alpha value is -3.81. The number of carboxylic acids is 1. The summed E-state index contributed by atoms with van der Waals surface area (Å²) in [5, 5.41) is 31.6. The van der Waals surface area contributed by atoms with Crippen LogP contribution in [0.3, 0.4) is 0 Å². The van der Waals surface area contributed by atoms with Gasteiger partial charge < -0.3 is 25.1 Å². The van der Waals surface area contributed by atoms with Crippen molar-refractivity contribution in [3.63, 3.8) is 0 Å². The van der Waals surface area contributed by atoms with Crippen molar-refractivity contribution in [2.75, 3.05) is 0 Å². The number of amides is 1. The summed E-state index contributed by atoms with van der Waals surface area (Å²) in [5.41, 5.74) is 1.23. The molecule has 0 aliphatic heterocycles. The fraction of sp³-hybridized carbons (Fsp3) is 0.227. The summed E-state index contributed by atoms with van der Waals surface area (Å²) in [6.45, 7) is 3.29. The highest BCUT2D eigenvalue weighted by Gasteiger charge is 2.23. The molecule has 0 aliphatic rings. The number of hydrogen-bond acceptors (Lipinski definition) is 6. The maximum atomic E-state index is 12.5. The highest BCUT2D eigenvalue weighted by atomic mass is 16.4. The average Bonchev–Trinajstić information content (AvgIpc) is 2.69. The van der Waals surface area contributed by atoms with Crippen LogP contribution < -0.4 is 10.9 Å². The minimum absolute atomic E-state index is 0.00549. The number of rotatable bonds is 6. The molecule has 0 saturated carbocycles. The van der Waals surface area contributed by atoms with Crippen molar-refractivity contribution in [1.82, 2.24) is 5.32 Å². The van der Waals surface area contributed by atoms with E-state index in [9.17, 15) is 29.7 Å². The maximum Gasteiger partial charge on any atom is 0.340 e.